The third-order valence-corrected chi connectivity index (χ3v) is 9.39. The number of aldehydes is 1. The van der Waals surface area contributed by atoms with E-state index in [4.69, 9.17) is 9.47 Å². The van der Waals surface area contributed by atoms with E-state index in [1.807, 2.05) is 18.2 Å². The molecule has 1 N–H and O–H groups in total. The molecule has 2 fully saturated rings. The Morgan fingerprint density at radius 2 is 2.00 bits per heavy atom. The van der Waals surface area contributed by atoms with Gasteiger partial charge in [0.15, 0.2) is 11.5 Å². The van der Waals surface area contributed by atoms with Crippen LogP contribution in [0.5, 0.6) is 11.5 Å². The van der Waals surface area contributed by atoms with E-state index < -0.39 is 0 Å². The Labute approximate surface area is 211 Å². The Morgan fingerprint density at radius 3 is 2.83 bits per heavy atom. The second-order valence-corrected chi connectivity index (χ2v) is 10.9. The number of carbonyl (C=O) groups excluding carboxylic acids is 2. The standard InChI is InChI=1S/C30H30N2O4/c1-2-19-16-32(17-25(34)20-8-9-26-27(14-20)36-13-5-12-35-26)11-10-30-23-6-3-4-7-24(23)31-29(30)22(18-33)21(19)15-28(30)32/h2-4,6-9,14,18,21,28H,5,10-13,15-17H2,1H3/p+1/b19-2-/t21-,28-,30+,32-/m0/s1. The third kappa shape index (κ3) is 2.82. The van der Waals surface area contributed by atoms with Gasteiger partial charge < -0.3 is 19.3 Å². The average molecular weight is 484 g/mol. The summed E-state index contributed by atoms with van der Waals surface area (Å²) in [4.78, 5) is 26.3. The van der Waals surface area contributed by atoms with Gasteiger partial charge in [0.2, 0.25) is 5.78 Å². The number of anilines is 1. The number of ether oxygens (including phenoxy) is 2. The van der Waals surface area contributed by atoms with Crippen molar-refractivity contribution in [1.29, 1.82) is 0 Å². The van der Waals surface area contributed by atoms with Gasteiger partial charge in [-0.15, -0.1) is 0 Å². The summed E-state index contributed by atoms with van der Waals surface area (Å²) in [6.07, 6.45) is 5.94. The van der Waals surface area contributed by atoms with Crippen molar-refractivity contribution in [2.45, 2.75) is 37.6 Å². The van der Waals surface area contributed by atoms with Crippen molar-refractivity contribution < 1.29 is 23.5 Å². The fraction of sp³-hybridized carbons (Fsp3) is 0.400. The highest BCUT2D eigenvalue weighted by atomic mass is 16.5. The van der Waals surface area contributed by atoms with Crippen LogP contribution in [0.25, 0.3) is 0 Å². The van der Waals surface area contributed by atoms with E-state index in [1.165, 1.54) is 11.1 Å². The molecule has 2 aromatic carbocycles. The number of benzene rings is 2. The summed E-state index contributed by atoms with van der Waals surface area (Å²) in [7, 11) is 0. The number of hydrogen-bond donors (Lipinski definition) is 1. The molecule has 6 nitrogen and oxygen atoms in total. The summed E-state index contributed by atoms with van der Waals surface area (Å²) >= 11 is 0. The normalized spacial score (nSPS) is 32.4. The number of para-hydroxylation sites is 1. The minimum atomic E-state index is -0.229. The molecule has 0 saturated carbocycles. The second kappa shape index (κ2) is 7.81. The van der Waals surface area contributed by atoms with E-state index in [1.54, 1.807) is 0 Å². The number of nitrogens with zero attached hydrogens (tertiary/aromatic N) is 1. The molecule has 4 atom stereocenters. The lowest BCUT2D eigenvalue weighted by atomic mass is 9.61. The van der Waals surface area contributed by atoms with Crippen LogP contribution in [0.2, 0.25) is 0 Å². The number of allylic oxidation sites excluding steroid dienone is 2. The number of rotatable bonds is 4. The van der Waals surface area contributed by atoms with Crippen molar-refractivity contribution in [2.75, 3.05) is 38.2 Å². The summed E-state index contributed by atoms with van der Waals surface area (Å²) in [6, 6.07) is 14.4. The molecule has 6 heteroatoms. The summed E-state index contributed by atoms with van der Waals surface area (Å²) < 4.78 is 12.4. The van der Waals surface area contributed by atoms with Crippen molar-refractivity contribution >= 4 is 17.8 Å². The molecule has 2 bridgehead atoms. The number of fused-ring (bicyclic) bond motifs is 3. The summed E-state index contributed by atoms with van der Waals surface area (Å²) in [5.41, 5.74) is 6.12. The number of nitrogens with one attached hydrogen (secondary N) is 1. The first-order valence-electron chi connectivity index (χ1n) is 13.1. The first-order chi connectivity index (χ1) is 17.6. The summed E-state index contributed by atoms with van der Waals surface area (Å²) in [5, 5.41) is 3.67. The van der Waals surface area contributed by atoms with Crippen molar-refractivity contribution in [3.8, 4) is 11.5 Å². The maximum Gasteiger partial charge on any atom is 0.217 e. The van der Waals surface area contributed by atoms with Crippen LogP contribution in [-0.4, -0.2) is 55.4 Å². The van der Waals surface area contributed by atoms with Gasteiger partial charge in [-0.05, 0) is 42.3 Å². The van der Waals surface area contributed by atoms with Crippen molar-refractivity contribution in [1.82, 2.24) is 0 Å². The van der Waals surface area contributed by atoms with E-state index in [9.17, 15) is 9.59 Å². The van der Waals surface area contributed by atoms with Crippen LogP contribution in [0.4, 0.5) is 5.69 Å². The minimum absolute atomic E-state index is 0.125. The van der Waals surface area contributed by atoms with E-state index in [2.05, 4.69) is 42.6 Å². The largest absolute Gasteiger partial charge is 0.490 e. The highest BCUT2D eigenvalue weighted by molar-refractivity contribution is 5.97. The Balaban J connectivity index is 1.31. The monoisotopic (exact) mass is 483 g/mol. The SMILES string of the molecule is C/C=C1/C[N@+]2(CC(=O)c3ccc4c(c3)OCCCO4)CC[C@]34C(=C(C=O)[C@H]1C[C@@H]32)Nc1ccccc14. The molecular weight excluding hydrogens is 452 g/mol. The maximum atomic E-state index is 13.9. The van der Waals surface area contributed by atoms with Gasteiger partial charge in [-0.25, -0.2) is 0 Å². The van der Waals surface area contributed by atoms with Gasteiger partial charge in [0.25, 0.3) is 0 Å². The molecule has 7 rings (SSSR count). The van der Waals surface area contributed by atoms with Crippen LogP contribution in [-0.2, 0) is 10.2 Å². The molecule has 0 aromatic heterocycles. The fourth-order valence-corrected chi connectivity index (χ4v) is 7.84. The number of ketones is 1. The zero-order chi connectivity index (χ0) is 24.5. The molecule has 1 spiro atoms. The molecule has 0 amide bonds. The quantitative estimate of drug-likeness (QED) is 0.302. The van der Waals surface area contributed by atoms with Crippen molar-refractivity contribution in [3.05, 3.63) is 76.5 Å². The van der Waals surface area contributed by atoms with Crippen LogP contribution in [0.1, 0.15) is 42.1 Å². The lowest BCUT2D eigenvalue weighted by Crippen LogP contribution is -2.64. The number of hydrogen-bond acceptors (Lipinski definition) is 5. The molecule has 0 unspecified atom stereocenters. The summed E-state index contributed by atoms with van der Waals surface area (Å²) in [6.45, 7) is 5.47. The number of piperidine rings is 1. The van der Waals surface area contributed by atoms with Crippen LogP contribution in [0.3, 0.4) is 0 Å². The fourth-order valence-electron chi connectivity index (χ4n) is 7.84. The lowest BCUT2D eigenvalue weighted by molar-refractivity contribution is -0.934. The number of Topliss-reactive ketones (excluding diaryl/α,β-unsaturated/α-hetero) is 1. The Morgan fingerprint density at radius 1 is 1.17 bits per heavy atom. The number of quaternary nitrogens is 1. The molecule has 36 heavy (non-hydrogen) atoms. The highest BCUT2D eigenvalue weighted by Crippen LogP contribution is 2.63. The van der Waals surface area contributed by atoms with Crippen LogP contribution in [0.15, 0.2) is 65.4 Å². The molecule has 184 valence electrons. The Kier molecular flexibility index (Phi) is 4.74. The first-order valence-corrected chi connectivity index (χ1v) is 13.1. The predicted molar refractivity (Wildman–Crippen MR) is 136 cm³/mol. The average Bonchev–Trinajstić information content (AvgIpc) is 3.31. The van der Waals surface area contributed by atoms with Crippen molar-refractivity contribution in [2.24, 2.45) is 5.92 Å². The zero-order valence-electron chi connectivity index (χ0n) is 20.6. The van der Waals surface area contributed by atoms with E-state index in [-0.39, 0.29) is 23.2 Å². The third-order valence-electron chi connectivity index (χ3n) is 9.39. The lowest BCUT2D eigenvalue weighted by Gasteiger charge is -2.53. The Hall–Kier alpha value is -3.38. The molecule has 4 heterocycles. The smallest absolute Gasteiger partial charge is 0.217 e. The summed E-state index contributed by atoms with van der Waals surface area (Å²) in [5.74, 6) is 1.64. The van der Waals surface area contributed by atoms with Gasteiger partial charge in [0.05, 0.1) is 25.2 Å². The minimum Gasteiger partial charge on any atom is -0.490 e. The molecule has 1 aliphatic carbocycles. The van der Waals surface area contributed by atoms with Crippen LogP contribution < -0.4 is 14.8 Å². The van der Waals surface area contributed by atoms with Crippen molar-refractivity contribution in [3.63, 3.8) is 0 Å². The van der Waals surface area contributed by atoms with Crippen LogP contribution in [0, 0.1) is 5.92 Å². The van der Waals surface area contributed by atoms with E-state index in [0.29, 0.717) is 36.8 Å². The van der Waals surface area contributed by atoms with Gasteiger partial charge in [-0.2, -0.15) is 0 Å². The van der Waals surface area contributed by atoms with E-state index in [0.717, 1.165) is 60.1 Å². The van der Waals surface area contributed by atoms with Crippen LogP contribution >= 0.6 is 0 Å². The van der Waals surface area contributed by atoms with Gasteiger partial charge in [-0.1, -0.05) is 24.3 Å². The highest BCUT2D eigenvalue weighted by Gasteiger charge is 2.68. The Bertz CT molecular complexity index is 1360. The molecular formula is C30H31N2O4+. The number of carbonyl (C=O) groups is 2. The second-order valence-electron chi connectivity index (χ2n) is 10.9. The van der Waals surface area contributed by atoms with Gasteiger partial charge >= 0.3 is 0 Å². The predicted octanol–water partition coefficient (Wildman–Crippen LogP) is 4.42. The molecule has 4 aliphatic heterocycles. The molecule has 5 aliphatic rings. The van der Waals surface area contributed by atoms with Gasteiger partial charge in [0, 0.05) is 47.7 Å². The molecule has 2 aromatic rings. The van der Waals surface area contributed by atoms with Gasteiger partial charge in [-0.3, -0.25) is 9.59 Å². The van der Waals surface area contributed by atoms with Gasteiger partial charge in [0.1, 0.15) is 25.4 Å². The zero-order valence-corrected chi connectivity index (χ0v) is 20.6. The van der Waals surface area contributed by atoms with E-state index >= 15 is 0 Å². The first kappa shape index (κ1) is 21.9. The maximum absolute atomic E-state index is 13.9. The molecule has 2 saturated heterocycles. The topological polar surface area (TPSA) is 64.6 Å². The molecule has 0 radical (unpaired) electrons.